The first kappa shape index (κ1) is 18.4. The van der Waals surface area contributed by atoms with Crippen LogP contribution < -0.4 is 10.6 Å². The van der Waals surface area contributed by atoms with Crippen molar-refractivity contribution in [1.82, 2.24) is 25.2 Å². The molecule has 2 rings (SSSR count). The molecule has 0 bridgehead atoms. The summed E-state index contributed by atoms with van der Waals surface area (Å²) in [6.07, 6.45) is 8.27. The minimum Gasteiger partial charge on any atom is -0.357 e. The highest BCUT2D eigenvalue weighted by Crippen LogP contribution is 2.06. The van der Waals surface area contributed by atoms with Crippen LogP contribution in [0.4, 0.5) is 0 Å². The van der Waals surface area contributed by atoms with E-state index in [2.05, 4.69) is 39.4 Å². The average molecular weight is 414 g/mol. The lowest BCUT2D eigenvalue weighted by molar-refractivity contribution is 0.785. The Labute approximate surface area is 148 Å². The molecular formula is C15H23IN6. The summed E-state index contributed by atoms with van der Waals surface area (Å²) in [4.78, 5) is 13.0. The minimum atomic E-state index is 0. The number of imidazole rings is 1. The molecule has 0 amide bonds. The Kier molecular flexibility index (Phi) is 8.49. The zero-order chi connectivity index (χ0) is 14.9. The van der Waals surface area contributed by atoms with Gasteiger partial charge in [0, 0.05) is 31.7 Å². The quantitative estimate of drug-likeness (QED) is 0.433. The summed E-state index contributed by atoms with van der Waals surface area (Å²) >= 11 is 0. The normalized spacial score (nSPS) is 10.9. The second-order valence-corrected chi connectivity index (χ2v) is 4.62. The van der Waals surface area contributed by atoms with Crippen LogP contribution in [0.1, 0.15) is 25.8 Å². The Balaban J connectivity index is 0.00000242. The van der Waals surface area contributed by atoms with E-state index in [-0.39, 0.29) is 24.0 Å². The van der Waals surface area contributed by atoms with Gasteiger partial charge in [-0.05, 0) is 25.0 Å². The number of pyridine rings is 1. The summed E-state index contributed by atoms with van der Waals surface area (Å²) < 4.78 is 1.87. The van der Waals surface area contributed by atoms with Crippen LogP contribution in [0, 0.1) is 0 Å². The lowest BCUT2D eigenvalue weighted by Gasteiger charge is -2.10. The van der Waals surface area contributed by atoms with Gasteiger partial charge in [-0.25, -0.2) is 15.0 Å². The molecular weight excluding hydrogens is 391 g/mol. The van der Waals surface area contributed by atoms with Gasteiger partial charge < -0.3 is 10.6 Å². The number of hydrogen-bond acceptors (Lipinski definition) is 3. The van der Waals surface area contributed by atoms with Gasteiger partial charge in [0.1, 0.15) is 12.1 Å². The number of nitrogens with zero attached hydrogens (tertiary/aromatic N) is 4. The fourth-order valence-electron chi connectivity index (χ4n) is 1.81. The summed E-state index contributed by atoms with van der Waals surface area (Å²) in [6.45, 7) is 6.58. The molecule has 0 fully saturated rings. The SMILES string of the molecule is CCCNC(=NCc1ccc(-n2ccnc2)nc1)NCC.I. The second kappa shape index (κ2) is 10.1. The van der Waals surface area contributed by atoms with Crippen LogP contribution in [0.2, 0.25) is 0 Å². The highest BCUT2D eigenvalue weighted by Gasteiger charge is 1.99. The molecule has 2 heterocycles. The maximum atomic E-state index is 4.55. The molecule has 0 spiro atoms. The smallest absolute Gasteiger partial charge is 0.191 e. The van der Waals surface area contributed by atoms with Crippen LogP contribution in [0.25, 0.3) is 5.82 Å². The van der Waals surface area contributed by atoms with Crippen molar-refractivity contribution >= 4 is 29.9 Å². The lowest BCUT2D eigenvalue weighted by Crippen LogP contribution is -2.37. The third-order valence-corrected chi connectivity index (χ3v) is 2.88. The van der Waals surface area contributed by atoms with Gasteiger partial charge in [-0.2, -0.15) is 0 Å². The molecule has 0 aliphatic rings. The Bertz CT molecular complexity index is 550. The van der Waals surface area contributed by atoms with Gasteiger partial charge in [0.25, 0.3) is 0 Å². The molecule has 0 aliphatic heterocycles. The summed E-state index contributed by atoms with van der Waals surface area (Å²) in [5, 5.41) is 6.51. The van der Waals surface area contributed by atoms with Crippen molar-refractivity contribution < 1.29 is 0 Å². The first-order valence-corrected chi connectivity index (χ1v) is 7.29. The molecule has 7 heteroatoms. The molecule has 0 saturated carbocycles. The van der Waals surface area contributed by atoms with E-state index in [1.54, 1.807) is 12.5 Å². The topological polar surface area (TPSA) is 67.1 Å². The Morgan fingerprint density at radius 3 is 2.73 bits per heavy atom. The van der Waals surface area contributed by atoms with Crippen LogP contribution in [0.15, 0.2) is 42.0 Å². The predicted octanol–water partition coefficient (Wildman–Crippen LogP) is 2.35. The molecule has 0 aromatic carbocycles. The van der Waals surface area contributed by atoms with Gasteiger partial charge in [0.05, 0.1) is 6.54 Å². The van der Waals surface area contributed by atoms with E-state index in [1.165, 1.54) is 0 Å². The summed E-state index contributed by atoms with van der Waals surface area (Å²) in [5.74, 6) is 1.70. The first-order valence-electron chi connectivity index (χ1n) is 7.29. The second-order valence-electron chi connectivity index (χ2n) is 4.62. The Morgan fingerprint density at radius 2 is 2.14 bits per heavy atom. The van der Waals surface area contributed by atoms with E-state index in [0.717, 1.165) is 36.9 Å². The van der Waals surface area contributed by atoms with Crippen LogP contribution in [0.3, 0.4) is 0 Å². The van der Waals surface area contributed by atoms with Gasteiger partial charge in [-0.15, -0.1) is 24.0 Å². The molecule has 6 nitrogen and oxygen atoms in total. The molecule has 2 aromatic heterocycles. The van der Waals surface area contributed by atoms with E-state index < -0.39 is 0 Å². The van der Waals surface area contributed by atoms with Crippen molar-refractivity contribution in [3.8, 4) is 5.82 Å². The van der Waals surface area contributed by atoms with Crippen molar-refractivity contribution in [2.75, 3.05) is 13.1 Å². The highest BCUT2D eigenvalue weighted by atomic mass is 127. The highest BCUT2D eigenvalue weighted by molar-refractivity contribution is 14.0. The van der Waals surface area contributed by atoms with E-state index in [4.69, 9.17) is 0 Å². The molecule has 22 heavy (non-hydrogen) atoms. The summed E-state index contributed by atoms with van der Waals surface area (Å²) in [6, 6.07) is 4.01. The summed E-state index contributed by atoms with van der Waals surface area (Å²) in [7, 11) is 0. The maximum Gasteiger partial charge on any atom is 0.191 e. The number of guanidine groups is 1. The summed E-state index contributed by atoms with van der Waals surface area (Å²) in [5.41, 5.74) is 1.08. The lowest BCUT2D eigenvalue weighted by atomic mass is 10.3. The third kappa shape index (κ3) is 5.63. The van der Waals surface area contributed by atoms with Crippen LogP contribution in [-0.2, 0) is 6.54 Å². The Hall–Kier alpha value is -1.64. The standard InChI is InChI=1S/C15H22N6.HI/c1-3-7-18-15(17-4-2)20-11-13-5-6-14(19-10-13)21-9-8-16-12-21;/h5-6,8-10,12H,3-4,7,11H2,1-2H3,(H2,17,18,20);1H. The van der Waals surface area contributed by atoms with Crippen molar-refractivity contribution in [3.63, 3.8) is 0 Å². The van der Waals surface area contributed by atoms with Crippen molar-refractivity contribution in [1.29, 1.82) is 0 Å². The fraction of sp³-hybridized carbons (Fsp3) is 0.400. The zero-order valence-electron chi connectivity index (χ0n) is 13.0. The fourth-order valence-corrected chi connectivity index (χ4v) is 1.81. The monoisotopic (exact) mass is 414 g/mol. The molecule has 0 atom stereocenters. The van der Waals surface area contributed by atoms with E-state index in [1.807, 2.05) is 29.1 Å². The minimum absolute atomic E-state index is 0. The Morgan fingerprint density at radius 1 is 1.27 bits per heavy atom. The third-order valence-electron chi connectivity index (χ3n) is 2.88. The molecule has 0 aliphatic carbocycles. The van der Waals surface area contributed by atoms with Crippen LogP contribution >= 0.6 is 24.0 Å². The van der Waals surface area contributed by atoms with Crippen molar-refractivity contribution in [2.45, 2.75) is 26.8 Å². The molecule has 2 N–H and O–H groups in total. The van der Waals surface area contributed by atoms with E-state index in [0.29, 0.717) is 6.54 Å². The number of rotatable bonds is 6. The van der Waals surface area contributed by atoms with Crippen LogP contribution in [-0.4, -0.2) is 33.6 Å². The number of aliphatic imine (C=N–C) groups is 1. The number of hydrogen-bond donors (Lipinski definition) is 2. The van der Waals surface area contributed by atoms with Gasteiger partial charge in [0.2, 0.25) is 0 Å². The zero-order valence-corrected chi connectivity index (χ0v) is 15.3. The maximum absolute atomic E-state index is 4.55. The molecule has 120 valence electrons. The molecule has 0 radical (unpaired) electrons. The molecule has 2 aromatic rings. The average Bonchev–Trinajstić information content (AvgIpc) is 3.05. The number of aromatic nitrogens is 3. The van der Waals surface area contributed by atoms with E-state index >= 15 is 0 Å². The van der Waals surface area contributed by atoms with Gasteiger partial charge in [-0.1, -0.05) is 13.0 Å². The van der Waals surface area contributed by atoms with Gasteiger partial charge >= 0.3 is 0 Å². The van der Waals surface area contributed by atoms with E-state index in [9.17, 15) is 0 Å². The first-order chi connectivity index (χ1) is 10.3. The van der Waals surface area contributed by atoms with Gasteiger partial charge in [-0.3, -0.25) is 4.57 Å². The van der Waals surface area contributed by atoms with Crippen molar-refractivity contribution in [3.05, 3.63) is 42.6 Å². The number of halogens is 1. The van der Waals surface area contributed by atoms with Gasteiger partial charge in [0.15, 0.2) is 5.96 Å². The predicted molar refractivity (Wildman–Crippen MR) is 99.9 cm³/mol. The largest absolute Gasteiger partial charge is 0.357 e. The molecule has 0 saturated heterocycles. The van der Waals surface area contributed by atoms with Crippen LogP contribution in [0.5, 0.6) is 0 Å². The van der Waals surface area contributed by atoms with Crippen molar-refractivity contribution in [2.24, 2.45) is 4.99 Å². The number of nitrogens with one attached hydrogen (secondary N) is 2. The molecule has 0 unspecified atom stereocenters.